The average molecular weight is 565 g/mol. The van der Waals surface area contributed by atoms with E-state index in [1.165, 1.54) is 5.01 Å². The molecule has 4 unspecified atom stereocenters. The molecule has 41 heavy (non-hydrogen) atoms. The molecule has 4 rings (SSSR count). The number of ether oxygens (including phenoxy) is 1. The number of nitrogens with two attached hydrogens (primary N) is 2. The molecule has 12 heteroatoms. The number of pyridine rings is 3. The highest BCUT2D eigenvalue weighted by Crippen LogP contribution is 2.19. The van der Waals surface area contributed by atoms with Gasteiger partial charge in [-0.3, -0.25) is 24.8 Å². The first-order valence-electron chi connectivity index (χ1n) is 13.7. The third kappa shape index (κ3) is 10.1. The Kier molecular flexibility index (Phi) is 11.5. The van der Waals surface area contributed by atoms with E-state index in [1.807, 2.05) is 54.6 Å². The molecule has 220 valence electrons. The summed E-state index contributed by atoms with van der Waals surface area (Å²) >= 11 is 0. The Balaban J connectivity index is 1.43. The number of hydrogen-bond donors (Lipinski definition) is 5. The lowest BCUT2D eigenvalue weighted by Crippen LogP contribution is -2.53. The molecule has 1 aliphatic heterocycles. The van der Waals surface area contributed by atoms with E-state index in [0.29, 0.717) is 38.4 Å². The molecule has 3 aromatic rings. The standard InChI is InChI=1S/C29H40N8O4/c30-22(17-37(31)21-27-29(40)26(38)15-28(39)41-27)16-35(18-23-7-1-4-10-32-23)13-14-36(19-24-8-2-5-11-33-24)20-25-9-3-6-12-34-25/h1-12,17,26-29,38-40H,13-16,18-21,30-31H2/b22-17-. The van der Waals surface area contributed by atoms with Crippen LogP contribution in [0.3, 0.4) is 0 Å². The van der Waals surface area contributed by atoms with Gasteiger partial charge in [-0.1, -0.05) is 18.2 Å². The summed E-state index contributed by atoms with van der Waals surface area (Å²) in [6, 6.07) is 17.6. The van der Waals surface area contributed by atoms with Gasteiger partial charge in [0.05, 0.1) is 29.7 Å². The average Bonchev–Trinajstić information content (AvgIpc) is 2.96. The molecule has 0 radical (unpaired) electrons. The highest BCUT2D eigenvalue weighted by Gasteiger charge is 2.36. The number of hydrogen-bond acceptors (Lipinski definition) is 12. The predicted molar refractivity (Wildman–Crippen MR) is 153 cm³/mol. The van der Waals surface area contributed by atoms with Crippen molar-refractivity contribution in [2.45, 2.75) is 50.7 Å². The minimum absolute atomic E-state index is 0.0398. The van der Waals surface area contributed by atoms with E-state index in [-0.39, 0.29) is 13.0 Å². The van der Waals surface area contributed by atoms with Crippen molar-refractivity contribution in [2.75, 3.05) is 26.2 Å². The summed E-state index contributed by atoms with van der Waals surface area (Å²) in [7, 11) is 0. The Hall–Kier alpha value is -3.49. The van der Waals surface area contributed by atoms with Gasteiger partial charge in [0, 0.05) is 76.2 Å². The lowest BCUT2D eigenvalue weighted by Gasteiger charge is -2.36. The van der Waals surface area contributed by atoms with Gasteiger partial charge < -0.3 is 30.8 Å². The molecule has 12 nitrogen and oxygen atoms in total. The monoisotopic (exact) mass is 564 g/mol. The molecule has 0 bridgehead atoms. The molecule has 0 spiro atoms. The Labute approximate surface area is 240 Å². The Morgan fingerprint density at radius 3 is 1.85 bits per heavy atom. The first-order valence-corrected chi connectivity index (χ1v) is 13.7. The number of rotatable bonds is 14. The van der Waals surface area contributed by atoms with Crippen LogP contribution in [0, 0.1) is 0 Å². The summed E-state index contributed by atoms with van der Waals surface area (Å²) in [5.74, 6) is 6.15. The van der Waals surface area contributed by atoms with Crippen LogP contribution in [-0.2, 0) is 24.4 Å². The summed E-state index contributed by atoms with van der Waals surface area (Å²) < 4.78 is 5.36. The van der Waals surface area contributed by atoms with E-state index < -0.39 is 24.6 Å². The fraction of sp³-hybridized carbons (Fsp3) is 0.414. The third-order valence-corrected chi connectivity index (χ3v) is 6.75. The molecule has 1 fully saturated rings. The Bertz CT molecular complexity index is 1150. The van der Waals surface area contributed by atoms with Gasteiger partial charge in [-0.15, -0.1) is 0 Å². The molecule has 0 saturated carbocycles. The second-order valence-electron chi connectivity index (χ2n) is 10.2. The fourth-order valence-electron chi connectivity index (χ4n) is 4.73. The van der Waals surface area contributed by atoms with Crippen molar-refractivity contribution in [3.63, 3.8) is 0 Å². The Morgan fingerprint density at radius 1 is 0.829 bits per heavy atom. The van der Waals surface area contributed by atoms with E-state index in [2.05, 4.69) is 24.8 Å². The van der Waals surface area contributed by atoms with Crippen LogP contribution in [0.5, 0.6) is 0 Å². The van der Waals surface area contributed by atoms with Crippen LogP contribution in [0.25, 0.3) is 0 Å². The van der Waals surface area contributed by atoms with Crippen molar-refractivity contribution in [2.24, 2.45) is 11.6 Å². The largest absolute Gasteiger partial charge is 0.400 e. The van der Waals surface area contributed by atoms with Crippen molar-refractivity contribution in [3.05, 3.63) is 102 Å². The van der Waals surface area contributed by atoms with E-state index in [1.54, 1.807) is 24.8 Å². The number of aromatic nitrogens is 3. The third-order valence-electron chi connectivity index (χ3n) is 6.75. The molecule has 4 heterocycles. The van der Waals surface area contributed by atoms with Crippen LogP contribution in [0.4, 0.5) is 0 Å². The van der Waals surface area contributed by atoms with E-state index >= 15 is 0 Å². The number of nitrogens with zero attached hydrogens (tertiary/aromatic N) is 6. The van der Waals surface area contributed by atoms with Crippen molar-refractivity contribution in [1.29, 1.82) is 0 Å². The van der Waals surface area contributed by atoms with Crippen molar-refractivity contribution in [3.8, 4) is 0 Å². The zero-order valence-corrected chi connectivity index (χ0v) is 23.1. The van der Waals surface area contributed by atoms with E-state index in [0.717, 1.165) is 23.6 Å². The van der Waals surface area contributed by atoms with Crippen LogP contribution in [-0.4, -0.2) is 95.9 Å². The lowest BCUT2D eigenvalue weighted by atomic mass is 10.0. The predicted octanol–water partition coefficient (Wildman–Crippen LogP) is 0.181. The lowest BCUT2D eigenvalue weighted by molar-refractivity contribution is -0.234. The minimum atomic E-state index is -1.16. The molecular weight excluding hydrogens is 524 g/mol. The summed E-state index contributed by atoms with van der Waals surface area (Å²) in [5.41, 5.74) is 9.77. The van der Waals surface area contributed by atoms with Crippen molar-refractivity contribution in [1.82, 2.24) is 29.8 Å². The Morgan fingerprint density at radius 2 is 1.34 bits per heavy atom. The smallest absolute Gasteiger partial charge is 0.157 e. The van der Waals surface area contributed by atoms with Crippen LogP contribution in [0.15, 0.2) is 85.1 Å². The van der Waals surface area contributed by atoms with Gasteiger partial charge >= 0.3 is 0 Å². The number of aliphatic hydroxyl groups excluding tert-OH is 3. The summed E-state index contributed by atoms with van der Waals surface area (Å²) in [6.45, 7) is 3.75. The quantitative estimate of drug-likeness (QED) is 0.133. The van der Waals surface area contributed by atoms with E-state index in [9.17, 15) is 15.3 Å². The van der Waals surface area contributed by atoms with Gasteiger partial charge in [-0.25, -0.2) is 5.84 Å². The SMILES string of the molecule is N/C(=C\N(N)CC1OC(O)CC(O)C1O)CN(CCN(Cc1ccccn1)Cc1ccccn1)Cc1ccccn1. The molecule has 1 saturated heterocycles. The van der Waals surface area contributed by atoms with Gasteiger partial charge in [-0.2, -0.15) is 0 Å². The number of aliphatic hydroxyl groups is 3. The maximum absolute atomic E-state index is 10.2. The van der Waals surface area contributed by atoms with Crippen LogP contribution >= 0.6 is 0 Å². The second-order valence-corrected chi connectivity index (χ2v) is 10.2. The van der Waals surface area contributed by atoms with Crippen molar-refractivity contribution >= 4 is 0 Å². The molecule has 0 amide bonds. The zero-order chi connectivity index (χ0) is 29.0. The highest BCUT2D eigenvalue weighted by atomic mass is 16.6. The van der Waals surface area contributed by atoms with Crippen molar-refractivity contribution < 1.29 is 20.1 Å². The van der Waals surface area contributed by atoms with Gasteiger partial charge in [0.2, 0.25) is 0 Å². The van der Waals surface area contributed by atoms with Gasteiger partial charge in [-0.05, 0) is 36.4 Å². The van der Waals surface area contributed by atoms with Crippen LogP contribution < -0.4 is 11.6 Å². The first kappa shape index (κ1) is 30.5. The maximum atomic E-state index is 10.2. The maximum Gasteiger partial charge on any atom is 0.157 e. The normalized spacial score (nSPS) is 21.4. The second kappa shape index (κ2) is 15.5. The first-order chi connectivity index (χ1) is 19.9. The van der Waals surface area contributed by atoms with Crippen LogP contribution in [0.1, 0.15) is 23.5 Å². The molecule has 7 N–H and O–H groups in total. The molecule has 3 aromatic heterocycles. The van der Waals surface area contributed by atoms with E-state index in [4.69, 9.17) is 16.3 Å². The molecule has 4 atom stereocenters. The molecule has 0 aromatic carbocycles. The molecule has 0 aliphatic carbocycles. The van der Waals surface area contributed by atoms with Crippen LogP contribution in [0.2, 0.25) is 0 Å². The minimum Gasteiger partial charge on any atom is -0.400 e. The summed E-state index contributed by atoms with van der Waals surface area (Å²) in [4.78, 5) is 18.0. The summed E-state index contributed by atoms with van der Waals surface area (Å²) in [6.07, 6.45) is 2.60. The van der Waals surface area contributed by atoms with Gasteiger partial charge in [0.1, 0.15) is 12.2 Å². The molecular formula is C29H40N8O4. The summed E-state index contributed by atoms with van der Waals surface area (Å²) in [5, 5.41) is 31.3. The highest BCUT2D eigenvalue weighted by molar-refractivity contribution is 5.08. The molecule has 1 aliphatic rings. The fourth-order valence-corrected chi connectivity index (χ4v) is 4.73. The van der Waals surface area contributed by atoms with Gasteiger partial charge in [0.25, 0.3) is 0 Å². The van der Waals surface area contributed by atoms with Gasteiger partial charge in [0.15, 0.2) is 6.29 Å². The number of hydrazine groups is 1. The zero-order valence-electron chi connectivity index (χ0n) is 23.1. The topological polar surface area (TPSA) is 170 Å².